The molecule has 0 bridgehead atoms. The largest absolute Gasteiger partial charge is 0.494 e. The van der Waals surface area contributed by atoms with Crippen molar-refractivity contribution in [2.45, 2.75) is 13.0 Å². The fourth-order valence-electron chi connectivity index (χ4n) is 3.54. The van der Waals surface area contributed by atoms with Crippen LogP contribution in [-0.4, -0.2) is 52.4 Å². The summed E-state index contributed by atoms with van der Waals surface area (Å²) in [5.41, 5.74) is 2.19. The minimum Gasteiger partial charge on any atom is -0.494 e. The standard InChI is InChI=1S/C21H27FN2O3/c1-15(16-5-8-19(25-2)21(13-16)27-4)23-9-11-24(12-10-23)17-6-7-18(22)20(14-17)26-3/h5-8,13-15H,9-12H2,1-4H3/t15-/m1/s1. The lowest BCUT2D eigenvalue weighted by molar-refractivity contribution is 0.198. The second-order valence-electron chi connectivity index (χ2n) is 6.63. The Bertz CT molecular complexity index is 776. The zero-order valence-electron chi connectivity index (χ0n) is 16.4. The van der Waals surface area contributed by atoms with Crippen LogP contribution in [0.5, 0.6) is 17.2 Å². The summed E-state index contributed by atoms with van der Waals surface area (Å²) in [7, 11) is 4.79. The number of nitrogens with zero attached hydrogens (tertiary/aromatic N) is 2. The van der Waals surface area contributed by atoms with Crippen molar-refractivity contribution in [1.82, 2.24) is 4.90 Å². The third-order valence-corrected chi connectivity index (χ3v) is 5.25. The van der Waals surface area contributed by atoms with Crippen LogP contribution >= 0.6 is 0 Å². The van der Waals surface area contributed by atoms with Gasteiger partial charge in [-0.05, 0) is 36.8 Å². The van der Waals surface area contributed by atoms with Crippen molar-refractivity contribution in [2.75, 3.05) is 52.4 Å². The van der Waals surface area contributed by atoms with Gasteiger partial charge >= 0.3 is 0 Å². The van der Waals surface area contributed by atoms with Crippen molar-refractivity contribution in [3.8, 4) is 17.2 Å². The third kappa shape index (κ3) is 4.11. The van der Waals surface area contributed by atoms with E-state index in [1.165, 1.54) is 18.7 Å². The summed E-state index contributed by atoms with van der Waals surface area (Å²) in [6, 6.07) is 11.4. The van der Waals surface area contributed by atoms with E-state index in [4.69, 9.17) is 14.2 Å². The molecule has 1 saturated heterocycles. The van der Waals surface area contributed by atoms with Crippen LogP contribution in [0.15, 0.2) is 36.4 Å². The summed E-state index contributed by atoms with van der Waals surface area (Å²) < 4.78 is 29.5. The van der Waals surface area contributed by atoms with Crippen LogP contribution < -0.4 is 19.1 Å². The van der Waals surface area contributed by atoms with Gasteiger partial charge in [0.25, 0.3) is 0 Å². The van der Waals surface area contributed by atoms with E-state index in [2.05, 4.69) is 22.8 Å². The number of benzene rings is 2. The van der Waals surface area contributed by atoms with Crippen molar-refractivity contribution in [3.63, 3.8) is 0 Å². The van der Waals surface area contributed by atoms with E-state index < -0.39 is 0 Å². The smallest absolute Gasteiger partial charge is 0.165 e. The van der Waals surface area contributed by atoms with Gasteiger partial charge in [0.2, 0.25) is 0 Å². The fourth-order valence-corrected chi connectivity index (χ4v) is 3.54. The normalized spacial score (nSPS) is 16.1. The van der Waals surface area contributed by atoms with Gasteiger partial charge in [-0.1, -0.05) is 6.07 Å². The zero-order chi connectivity index (χ0) is 19.4. The van der Waals surface area contributed by atoms with E-state index in [0.717, 1.165) is 43.4 Å². The number of rotatable bonds is 6. The first-order valence-corrected chi connectivity index (χ1v) is 9.11. The molecule has 1 fully saturated rings. The van der Waals surface area contributed by atoms with Crippen LogP contribution in [0, 0.1) is 5.82 Å². The lowest BCUT2D eigenvalue weighted by atomic mass is 10.0. The van der Waals surface area contributed by atoms with Crippen molar-refractivity contribution in [3.05, 3.63) is 47.8 Å². The average molecular weight is 374 g/mol. The number of anilines is 1. The summed E-state index contributed by atoms with van der Waals surface area (Å²) in [4.78, 5) is 4.71. The molecule has 1 aliphatic heterocycles. The van der Waals surface area contributed by atoms with Crippen LogP contribution in [-0.2, 0) is 0 Å². The minimum absolute atomic E-state index is 0.273. The Labute approximate surface area is 160 Å². The molecule has 2 aromatic rings. The first kappa shape index (κ1) is 19.3. The molecule has 5 nitrogen and oxygen atoms in total. The minimum atomic E-state index is -0.332. The summed E-state index contributed by atoms with van der Waals surface area (Å²) >= 11 is 0. The van der Waals surface area contributed by atoms with Crippen molar-refractivity contribution >= 4 is 5.69 Å². The maximum atomic E-state index is 13.6. The molecule has 3 rings (SSSR count). The summed E-state index contributed by atoms with van der Waals surface area (Å²) in [6.45, 7) is 5.82. The molecule has 0 amide bonds. The second-order valence-corrected chi connectivity index (χ2v) is 6.63. The van der Waals surface area contributed by atoms with Gasteiger partial charge in [0, 0.05) is 44.0 Å². The van der Waals surface area contributed by atoms with Crippen LogP contribution in [0.3, 0.4) is 0 Å². The molecule has 0 saturated carbocycles. The monoisotopic (exact) mass is 374 g/mol. The van der Waals surface area contributed by atoms with E-state index in [0.29, 0.717) is 0 Å². The van der Waals surface area contributed by atoms with Crippen LogP contribution in [0.1, 0.15) is 18.5 Å². The molecule has 0 aliphatic carbocycles. The summed E-state index contributed by atoms with van der Waals surface area (Å²) in [6.07, 6.45) is 0. The van der Waals surface area contributed by atoms with E-state index in [1.807, 2.05) is 18.2 Å². The quantitative estimate of drug-likeness (QED) is 0.770. The maximum absolute atomic E-state index is 13.6. The molecule has 0 unspecified atom stereocenters. The Morgan fingerprint density at radius 1 is 0.815 bits per heavy atom. The SMILES string of the molecule is COc1cc(N2CCN([C@H](C)c3ccc(OC)c(OC)c3)CC2)ccc1F. The molecule has 146 valence electrons. The second kappa shape index (κ2) is 8.48. The van der Waals surface area contributed by atoms with E-state index in [9.17, 15) is 4.39 Å². The number of hydrogen-bond acceptors (Lipinski definition) is 5. The number of hydrogen-bond donors (Lipinski definition) is 0. The van der Waals surface area contributed by atoms with Crippen molar-refractivity contribution < 1.29 is 18.6 Å². The lowest BCUT2D eigenvalue weighted by Gasteiger charge is -2.39. The Hall–Kier alpha value is -2.47. The van der Waals surface area contributed by atoms with Gasteiger partial charge in [-0.2, -0.15) is 0 Å². The highest BCUT2D eigenvalue weighted by Crippen LogP contribution is 2.32. The summed E-state index contributed by atoms with van der Waals surface area (Å²) in [5, 5.41) is 0. The van der Waals surface area contributed by atoms with Gasteiger partial charge in [0.15, 0.2) is 23.1 Å². The highest BCUT2D eigenvalue weighted by Gasteiger charge is 2.23. The molecular formula is C21H27FN2O3. The molecule has 1 aliphatic rings. The number of halogens is 1. The zero-order valence-corrected chi connectivity index (χ0v) is 16.4. The van der Waals surface area contributed by atoms with Gasteiger partial charge in [0.1, 0.15) is 0 Å². The fraction of sp³-hybridized carbons (Fsp3) is 0.429. The molecule has 0 aromatic heterocycles. The van der Waals surface area contributed by atoms with E-state index in [1.54, 1.807) is 20.3 Å². The topological polar surface area (TPSA) is 34.2 Å². The molecule has 1 heterocycles. The number of piperazine rings is 1. The molecule has 0 radical (unpaired) electrons. The lowest BCUT2D eigenvalue weighted by Crippen LogP contribution is -2.47. The first-order valence-electron chi connectivity index (χ1n) is 9.11. The predicted molar refractivity (Wildman–Crippen MR) is 105 cm³/mol. The Balaban J connectivity index is 1.66. The molecule has 0 N–H and O–H groups in total. The Morgan fingerprint density at radius 3 is 2.11 bits per heavy atom. The predicted octanol–water partition coefficient (Wildman–Crippen LogP) is 3.73. The van der Waals surface area contributed by atoms with Gasteiger partial charge in [-0.3, -0.25) is 4.90 Å². The van der Waals surface area contributed by atoms with Crippen LogP contribution in [0.4, 0.5) is 10.1 Å². The number of ether oxygens (including phenoxy) is 3. The maximum Gasteiger partial charge on any atom is 0.165 e. The molecule has 2 aromatic carbocycles. The highest BCUT2D eigenvalue weighted by atomic mass is 19.1. The van der Waals surface area contributed by atoms with Gasteiger partial charge < -0.3 is 19.1 Å². The molecule has 27 heavy (non-hydrogen) atoms. The molecular weight excluding hydrogens is 347 g/mol. The molecule has 0 spiro atoms. The average Bonchev–Trinajstić information content (AvgIpc) is 2.73. The van der Waals surface area contributed by atoms with Gasteiger partial charge in [-0.25, -0.2) is 4.39 Å². The van der Waals surface area contributed by atoms with Gasteiger partial charge in [-0.15, -0.1) is 0 Å². The number of methoxy groups -OCH3 is 3. The highest BCUT2D eigenvalue weighted by molar-refractivity contribution is 5.51. The third-order valence-electron chi connectivity index (χ3n) is 5.25. The van der Waals surface area contributed by atoms with E-state index in [-0.39, 0.29) is 17.6 Å². The van der Waals surface area contributed by atoms with Crippen LogP contribution in [0.25, 0.3) is 0 Å². The summed E-state index contributed by atoms with van der Waals surface area (Å²) in [5.74, 6) is 1.44. The first-order chi connectivity index (χ1) is 13.1. The van der Waals surface area contributed by atoms with E-state index >= 15 is 0 Å². The molecule has 6 heteroatoms. The van der Waals surface area contributed by atoms with Crippen molar-refractivity contribution in [1.29, 1.82) is 0 Å². The molecule has 1 atom stereocenters. The van der Waals surface area contributed by atoms with Crippen molar-refractivity contribution in [2.24, 2.45) is 0 Å². The van der Waals surface area contributed by atoms with Crippen LogP contribution in [0.2, 0.25) is 0 Å². The van der Waals surface area contributed by atoms with Gasteiger partial charge in [0.05, 0.1) is 21.3 Å². The Morgan fingerprint density at radius 2 is 1.48 bits per heavy atom. The Kier molecular flexibility index (Phi) is 6.06.